The lowest BCUT2D eigenvalue weighted by atomic mass is 10.1. The molecule has 1 aliphatic rings. The van der Waals surface area contributed by atoms with Crippen molar-refractivity contribution < 1.29 is 0 Å². The summed E-state index contributed by atoms with van der Waals surface area (Å²) in [7, 11) is 4.39. The van der Waals surface area contributed by atoms with Crippen molar-refractivity contribution in [2.45, 2.75) is 31.8 Å². The average molecular weight is 238 g/mol. The van der Waals surface area contributed by atoms with E-state index in [1.54, 1.807) is 11.3 Å². The van der Waals surface area contributed by atoms with Crippen LogP contribution in [0.4, 0.5) is 0 Å². The Bertz CT molecular complexity index is 302. The number of likely N-dealkylation sites (N-methyl/N-ethyl adjacent to an activating group) is 1. The third kappa shape index (κ3) is 3.06. The fraction of sp³-hybridized carbons (Fsp3) is 0.692. The van der Waals surface area contributed by atoms with Crippen LogP contribution in [0, 0.1) is 5.92 Å². The number of hydrogen-bond acceptors (Lipinski definition) is 3. The summed E-state index contributed by atoms with van der Waals surface area (Å²) >= 11 is 1.78. The second-order valence-electron chi connectivity index (χ2n) is 5.06. The monoisotopic (exact) mass is 238 g/mol. The molecule has 1 heterocycles. The highest BCUT2D eigenvalue weighted by Crippen LogP contribution is 2.34. The van der Waals surface area contributed by atoms with Gasteiger partial charge in [-0.3, -0.25) is 0 Å². The van der Waals surface area contributed by atoms with E-state index in [-0.39, 0.29) is 0 Å². The van der Waals surface area contributed by atoms with Crippen molar-refractivity contribution >= 4 is 11.3 Å². The van der Waals surface area contributed by atoms with Gasteiger partial charge in [-0.25, -0.2) is 0 Å². The fourth-order valence-electron chi connectivity index (χ4n) is 2.19. The summed E-state index contributed by atoms with van der Waals surface area (Å²) in [6.45, 7) is 3.36. The van der Waals surface area contributed by atoms with Crippen LogP contribution in [0.1, 0.15) is 31.4 Å². The van der Waals surface area contributed by atoms with Crippen LogP contribution in [0.2, 0.25) is 0 Å². The molecule has 0 saturated heterocycles. The van der Waals surface area contributed by atoms with Gasteiger partial charge in [0.15, 0.2) is 0 Å². The molecule has 0 radical (unpaired) electrons. The van der Waals surface area contributed by atoms with E-state index in [0.29, 0.717) is 12.1 Å². The minimum Gasteiger partial charge on any atom is -0.309 e. The molecule has 90 valence electrons. The van der Waals surface area contributed by atoms with Gasteiger partial charge in [0.2, 0.25) is 0 Å². The number of nitrogens with one attached hydrogen (secondary N) is 1. The Morgan fingerprint density at radius 3 is 2.75 bits per heavy atom. The molecule has 1 N–H and O–H groups in total. The molecule has 0 bridgehead atoms. The topological polar surface area (TPSA) is 15.3 Å². The van der Waals surface area contributed by atoms with Crippen molar-refractivity contribution in [3.63, 3.8) is 0 Å². The highest BCUT2D eigenvalue weighted by atomic mass is 32.1. The molecule has 1 aromatic heterocycles. The van der Waals surface area contributed by atoms with E-state index in [1.807, 2.05) is 0 Å². The zero-order chi connectivity index (χ0) is 11.5. The predicted molar refractivity (Wildman–Crippen MR) is 70.9 cm³/mol. The first-order valence-electron chi connectivity index (χ1n) is 6.10. The maximum Gasteiger partial charge on any atom is 0.0300 e. The minimum atomic E-state index is 0.479. The zero-order valence-corrected chi connectivity index (χ0v) is 11.3. The van der Waals surface area contributed by atoms with Gasteiger partial charge in [0.1, 0.15) is 0 Å². The summed E-state index contributed by atoms with van der Waals surface area (Å²) in [6.07, 6.45) is 2.83. The third-order valence-corrected chi connectivity index (χ3v) is 4.21. The quantitative estimate of drug-likeness (QED) is 0.820. The number of nitrogens with zero attached hydrogens (tertiary/aromatic N) is 1. The van der Waals surface area contributed by atoms with Crippen LogP contribution in [0.15, 0.2) is 16.8 Å². The standard InChI is InChI=1S/C13H22N2S/c1-10(12-6-7-16-9-12)14-8-13(15(2)3)11-4-5-11/h6-7,9-11,13-14H,4-5,8H2,1-3H3. The summed E-state index contributed by atoms with van der Waals surface area (Å²) in [4.78, 5) is 2.37. The molecular weight excluding hydrogens is 216 g/mol. The fourth-order valence-corrected chi connectivity index (χ4v) is 2.94. The molecule has 2 nitrogen and oxygen atoms in total. The lowest BCUT2D eigenvalue weighted by Gasteiger charge is -2.26. The van der Waals surface area contributed by atoms with Gasteiger partial charge >= 0.3 is 0 Å². The van der Waals surface area contributed by atoms with Crippen LogP contribution in [0.5, 0.6) is 0 Å². The van der Waals surface area contributed by atoms with Crippen molar-refractivity contribution in [3.05, 3.63) is 22.4 Å². The van der Waals surface area contributed by atoms with Gasteiger partial charge in [-0.05, 0) is 62.2 Å². The summed E-state index contributed by atoms with van der Waals surface area (Å²) in [5.74, 6) is 0.928. The summed E-state index contributed by atoms with van der Waals surface area (Å²) in [5.41, 5.74) is 1.42. The van der Waals surface area contributed by atoms with Crippen LogP contribution >= 0.6 is 11.3 Å². The van der Waals surface area contributed by atoms with Crippen molar-refractivity contribution in [1.82, 2.24) is 10.2 Å². The average Bonchev–Trinajstić information content (AvgIpc) is 2.93. The van der Waals surface area contributed by atoms with E-state index in [2.05, 4.69) is 48.1 Å². The van der Waals surface area contributed by atoms with Gasteiger partial charge < -0.3 is 10.2 Å². The molecular formula is C13H22N2S. The smallest absolute Gasteiger partial charge is 0.0300 e. The van der Waals surface area contributed by atoms with Crippen LogP contribution in [0.25, 0.3) is 0 Å². The lowest BCUT2D eigenvalue weighted by Crippen LogP contribution is -2.40. The summed E-state index contributed by atoms with van der Waals surface area (Å²) in [5, 5.41) is 8.04. The van der Waals surface area contributed by atoms with Crippen LogP contribution in [-0.2, 0) is 0 Å². The number of thiophene rings is 1. The maximum absolute atomic E-state index is 3.65. The molecule has 0 aromatic carbocycles. The Balaban J connectivity index is 1.81. The largest absolute Gasteiger partial charge is 0.309 e. The van der Waals surface area contributed by atoms with Crippen molar-refractivity contribution in [2.24, 2.45) is 5.92 Å². The first-order chi connectivity index (χ1) is 7.68. The molecule has 1 aliphatic carbocycles. The molecule has 1 fully saturated rings. The van der Waals surface area contributed by atoms with Crippen molar-refractivity contribution in [3.8, 4) is 0 Å². The zero-order valence-electron chi connectivity index (χ0n) is 10.4. The molecule has 3 heteroatoms. The van der Waals surface area contributed by atoms with Gasteiger partial charge in [-0.1, -0.05) is 0 Å². The molecule has 0 spiro atoms. The molecule has 2 rings (SSSR count). The van der Waals surface area contributed by atoms with Crippen molar-refractivity contribution in [2.75, 3.05) is 20.6 Å². The minimum absolute atomic E-state index is 0.479. The van der Waals surface area contributed by atoms with E-state index in [9.17, 15) is 0 Å². The maximum atomic E-state index is 3.65. The second kappa shape index (κ2) is 5.30. The Morgan fingerprint density at radius 1 is 1.50 bits per heavy atom. The van der Waals surface area contributed by atoms with Crippen LogP contribution in [-0.4, -0.2) is 31.6 Å². The molecule has 0 aliphatic heterocycles. The number of rotatable bonds is 6. The van der Waals surface area contributed by atoms with E-state index in [0.717, 1.165) is 12.5 Å². The first-order valence-corrected chi connectivity index (χ1v) is 7.04. The summed E-state index contributed by atoms with van der Waals surface area (Å²) < 4.78 is 0. The van der Waals surface area contributed by atoms with E-state index in [1.165, 1.54) is 18.4 Å². The molecule has 1 saturated carbocycles. The highest BCUT2D eigenvalue weighted by molar-refractivity contribution is 7.07. The van der Waals surface area contributed by atoms with Gasteiger partial charge in [0.05, 0.1) is 0 Å². The molecule has 16 heavy (non-hydrogen) atoms. The van der Waals surface area contributed by atoms with E-state index < -0.39 is 0 Å². The van der Waals surface area contributed by atoms with Crippen LogP contribution < -0.4 is 5.32 Å². The van der Waals surface area contributed by atoms with Gasteiger partial charge in [0, 0.05) is 18.6 Å². The van der Waals surface area contributed by atoms with Gasteiger partial charge in [-0.15, -0.1) is 0 Å². The van der Waals surface area contributed by atoms with Crippen LogP contribution in [0.3, 0.4) is 0 Å². The first kappa shape index (κ1) is 12.1. The second-order valence-corrected chi connectivity index (χ2v) is 5.84. The van der Waals surface area contributed by atoms with E-state index >= 15 is 0 Å². The third-order valence-electron chi connectivity index (χ3n) is 3.51. The molecule has 0 amide bonds. The van der Waals surface area contributed by atoms with Gasteiger partial charge in [0.25, 0.3) is 0 Å². The van der Waals surface area contributed by atoms with E-state index in [4.69, 9.17) is 0 Å². The Labute approximate surface area is 103 Å². The summed E-state index contributed by atoms with van der Waals surface area (Å²) in [6, 6.07) is 3.40. The SMILES string of the molecule is CC(NCC(C1CC1)N(C)C)c1ccsc1. The lowest BCUT2D eigenvalue weighted by molar-refractivity contribution is 0.250. The highest BCUT2D eigenvalue weighted by Gasteiger charge is 2.32. The molecule has 1 aromatic rings. The predicted octanol–water partition coefficient (Wildman–Crippen LogP) is 2.74. The Morgan fingerprint density at radius 2 is 2.25 bits per heavy atom. The van der Waals surface area contributed by atoms with Crippen molar-refractivity contribution in [1.29, 1.82) is 0 Å². The Kier molecular flexibility index (Phi) is 4.00. The molecule has 2 unspecified atom stereocenters. The number of hydrogen-bond donors (Lipinski definition) is 1. The van der Waals surface area contributed by atoms with Gasteiger partial charge in [-0.2, -0.15) is 11.3 Å². The normalized spacial score (nSPS) is 20.0. The Hall–Kier alpha value is -0.380. The molecule has 2 atom stereocenters.